The number of hydrogen-bond acceptors (Lipinski definition) is 3. The summed E-state index contributed by atoms with van der Waals surface area (Å²) in [7, 11) is 0. The molecule has 5 heteroatoms. The number of rotatable bonds is 6. The lowest BCUT2D eigenvalue weighted by atomic mass is 10.1. The lowest BCUT2D eigenvalue weighted by molar-refractivity contribution is 0.105. The van der Waals surface area contributed by atoms with Crippen LogP contribution in [0.3, 0.4) is 0 Å². The fourth-order valence-corrected chi connectivity index (χ4v) is 3.60. The predicted molar refractivity (Wildman–Crippen MR) is 99.8 cm³/mol. The topological polar surface area (TPSA) is 34.9 Å². The Hall–Kier alpha value is -2.17. The average molecular weight is 357 g/mol. The van der Waals surface area contributed by atoms with E-state index in [1.165, 1.54) is 21.8 Å². The average Bonchev–Trinajstić information content (AvgIpc) is 3.20. The summed E-state index contributed by atoms with van der Waals surface area (Å²) in [6.45, 7) is 2.69. The molecule has 3 nitrogen and oxygen atoms in total. The number of aryl methyl sites for hydroxylation is 1. The second kappa shape index (κ2) is 7.60. The largest absolute Gasteiger partial charge is 0.288 e. The van der Waals surface area contributed by atoms with Gasteiger partial charge in [-0.1, -0.05) is 41.9 Å². The van der Waals surface area contributed by atoms with Gasteiger partial charge in [-0.15, -0.1) is 11.3 Å². The second-order valence-corrected chi connectivity index (χ2v) is 6.89. The highest BCUT2D eigenvalue weighted by Gasteiger charge is 2.09. The molecule has 122 valence electrons. The molecule has 0 atom stereocenters. The van der Waals surface area contributed by atoms with Crippen LogP contribution in [-0.2, 0) is 13.0 Å². The summed E-state index contributed by atoms with van der Waals surface area (Å²) in [5, 5.41) is 4.71. The number of halogens is 1. The lowest BCUT2D eigenvalue weighted by Gasteiger charge is -1.99. The SMILES string of the molecule is CCn1ncc(Cl)c1/C=C/C(=O)c1ccc(Cc2ccccc2)s1. The van der Waals surface area contributed by atoms with Gasteiger partial charge in [-0.05, 0) is 36.8 Å². The minimum absolute atomic E-state index is 0.0146. The molecule has 2 heterocycles. The number of benzene rings is 1. The molecule has 0 spiro atoms. The van der Waals surface area contributed by atoms with Gasteiger partial charge in [0, 0.05) is 17.8 Å². The Morgan fingerprint density at radius 1 is 1.25 bits per heavy atom. The van der Waals surface area contributed by atoms with Crippen molar-refractivity contribution in [1.29, 1.82) is 0 Å². The molecule has 0 unspecified atom stereocenters. The van der Waals surface area contributed by atoms with E-state index in [9.17, 15) is 4.79 Å². The molecule has 0 saturated heterocycles. The minimum atomic E-state index is -0.0146. The highest BCUT2D eigenvalue weighted by Crippen LogP contribution is 2.22. The van der Waals surface area contributed by atoms with Crippen LogP contribution < -0.4 is 0 Å². The summed E-state index contributed by atoms with van der Waals surface area (Å²) in [4.78, 5) is 14.3. The maximum Gasteiger partial charge on any atom is 0.195 e. The Morgan fingerprint density at radius 3 is 2.79 bits per heavy atom. The molecule has 0 radical (unpaired) electrons. The molecular weight excluding hydrogens is 340 g/mol. The van der Waals surface area contributed by atoms with E-state index in [0.29, 0.717) is 11.6 Å². The van der Waals surface area contributed by atoms with Gasteiger partial charge in [0.15, 0.2) is 5.78 Å². The van der Waals surface area contributed by atoms with E-state index in [0.717, 1.165) is 17.0 Å². The molecule has 1 aromatic carbocycles. The van der Waals surface area contributed by atoms with Crippen LogP contribution in [0.25, 0.3) is 6.08 Å². The van der Waals surface area contributed by atoms with E-state index in [4.69, 9.17) is 11.6 Å². The molecular formula is C19H17ClN2OS. The first kappa shape index (κ1) is 16.7. The van der Waals surface area contributed by atoms with E-state index in [-0.39, 0.29) is 5.78 Å². The van der Waals surface area contributed by atoms with Gasteiger partial charge in [-0.25, -0.2) is 0 Å². The highest BCUT2D eigenvalue weighted by atomic mass is 35.5. The van der Waals surface area contributed by atoms with Gasteiger partial charge in [-0.2, -0.15) is 5.10 Å². The Balaban J connectivity index is 1.72. The standard InChI is InChI=1S/C19H17ClN2OS/c1-2-22-17(16(20)13-21-22)9-10-18(23)19-11-8-15(24-19)12-14-6-4-3-5-7-14/h3-11,13H,2,12H2,1H3/b10-9+. The third kappa shape index (κ3) is 3.83. The van der Waals surface area contributed by atoms with E-state index in [2.05, 4.69) is 17.2 Å². The van der Waals surface area contributed by atoms with E-state index < -0.39 is 0 Å². The van der Waals surface area contributed by atoms with E-state index in [1.54, 1.807) is 23.0 Å². The van der Waals surface area contributed by atoms with E-state index >= 15 is 0 Å². The zero-order valence-electron chi connectivity index (χ0n) is 13.3. The maximum absolute atomic E-state index is 12.4. The lowest BCUT2D eigenvalue weighted by Crippen LogP contribution is -1.99. The quantitative estimate of drug-likeness (QED) is 0.454. The predicted octanol–water partition coefficient (Wildman–Crippen LogP) is 5.10. The number of allylic oxidation sites excluding steroid dienone is 1. The molecule has 0 fully saturated rings. The van der Waals surface area contributed by atoms with Crippen LogP contribution in [0.15, 0.2) is 54.7 Å². The van der Waals surface area contributed by atoms with Crippen LogP contribution >= 0.6 is 22.9 Å². The van der Waals surface area contributed by atoms with Crippen LogP contribution in [0.5, 0.6) is 0 Å². The minimum Gasteiger partial charge on any atom is -0.288 e. The molecule has 0 aliphatic heterocycles. The smallest absolute Gasteiger partial charge is 0.195 e. The van der Waals surface area contributed by atoms with Crippen molar-refractivity contribution in [3.8, 4) is 0 Å². The van der Waals surface area contributed by atoms with Gasteiger partial charge >= 0.3 is 0 Å². The van der Waals surface area contributed by atoms with Crippen molar-refractivity contribution in [1.82, 2.24) is 9.78 Å². The second-order valence-electron chi connectivity index (χ2n) is 5.32. The van der Waals surface area contributed by atoms with Crippen molar-refractivity contribution in [3.63, 3.8) is 0 Å². The first-order valence-corrected chi connectivity index (χ1v) is 8.93. The number of hydrogen-bond donors (Lipinski definition) is 0. The number of ketones is 1. The molecule has 0 bridgehead atoms. The molecule has 2 aromatic heterocycles. The number of nitrogens with zero attached hydrogens (tertiary/aromatic N) is 2. The molecule has 3 rings (SSSR count). The van der Waals surface area contributed by atoms with Crippen molar-refractivity contribution in [2.45, 2.75) is 19.9 Å². The normalized spacial score (nSPS) is 11.2. The molecule has 0 aliphatic carbocycles. The van der Waals surface area contributed by atoms with Crippen LogP contribution in [0, 0.1) is 0 Å². The summed E-state index contributed by atoms with van der Waals surface area (Å²) in [6.07, 6.45) is 5.74. The monoisotopic (exact) mass is 356 g/mol. The van der Waals surface area contributed by atoms with Crippen LogP contribution in [0.1, 0.15) is 32.7 Å². The van der Waals surface area contributed by atoms with Crippen molar-refractivity contribution in [3.05, 3.63) is 80.8 Å². The van der Waals surface area contributed by atoms with Crippen LogP contribution in [0.4, 0.5) is 0 Å². The third-order valence-corrected chi connectivity index (χ3v) is 5.04. The van der Waals surface area contributed by atoms with Gasteiger partial charge in [-0.3, -0.25) is 9.48 Å². The molecule has 0 N–H and O–H groups in total. The first-order chi connectivity index (χ1) is 11.7. The molecule has 0 saturated carbocycles. The molecule has 24 heavy (non-hydrogen) atoms. The zero-order chi connectivity index (χ0) is 16.9. The summed E-state index contributed by atoms with van der Waals surface area (Å²) in [5.74, 6) is -0.0146. The van der Waals surface area contributed by atoms with Gasteiger partial charge in [0.2, 0.25) is 0 Å². The summed E-state index contributed by atoms with van der Waals surface area (Å²) in [5.41, 5.74) is 2.00. The van der Waals surface area contributed by atoms with Crippen molar-refractivity contribution in [2.75, 3.05) is 0 Å². The van der Waals surface area contributed by atoms with Crippen LogP contribution in [0.2, 0.25) is 5.02 Å². The van der Waals surface area contributed by atoms with Gasteiger partial charge in [0.1, 0.15) is 0 Å². The van der Waals surface area contributed by atoms with Gasteiger partial charge < -0.3 is 0 Å². The van der Waals surface area contributed by atoms with Crippen molar-refractivity contribution in [2.24, 2.45) is 0 Å². The number of carbonyl (C=O) groups is 1. The number of carbonyl (C=O) groups excluding carboxylic acids is 1. The highest BCUT2D eigenvalue weighted by molar-refractivity contribution is 7.14. The third-order valence-electron chi connectivity index (χ3n) is 3.65. The zero-order valence-corrected chi connectivity index (χ0v) is 14.8. The molecule has 0 aliphatic rings. The first-order valence-electron chi connectivity index (χ1n) is 7.73. The molecule has 3 aromatic rings. The van der Waals surface area contributed by atoms with Crippen LogP contribution in [-0.4, -0.2) is 15.6 Å². The van der Waals surface area contributed by atoms with Crippen molar-refractivity contribution < 1.29 is 4.79 Å². The summed E-state index contributed by atoms with van der Waals surface area (Å²) < 4.78 is 1.77. The summed E-state index contributed by atoms with van der Waals surface area (Å²) in [6, 6.07) is 14.1. The Bertz CT molecular complexity index is 865. The number of thiophene rings is 1. The fourth-order valence-electron chi connectivity index (χ4n) is 2.43. The van der Waals surface area contributed by atoms with Gasteiger partial charge in [0.25, 0.3) is 0 Å². The fraction of sp³-hybridized carbons (Fsp3) is 0.158. The van der Waals surface area contributed by atoms with E-state index in [1.807, 2.05) is 37.3 Å². The Kier molecular flexibility index (Phi) is 5.28. The maximum atomic E-state index is 12.4. The van der Waals surface area contributed by atoms with Crippen molar-refractivity contribution >= 4 is 34.8 Å². The molecule has 0 amide bonds. The Morgan fingerprint density at radius 2 is 2.04 bits per heavy atom. The Labute approximate surface area is 150 Å². The van der Waals surface area contributed by atoms with Gasteiger partial charge in [0.05, 0.1) is 21.8 Å². The number of aromatic nitrogens is 2. The summed E-state index contributed by atoms with van der Waals surface area (Å²) >= 11 is 7.64.